The third-order valence-electron chi connectivity index (χ3n) is 2.61. The SMILES string of the molecule is C=CCNC(=S)Nc1nn(Cc2ccc(Cl)cc2)cc1Br. The fourth-order valence-corrected chi connectivity index (χ4v) is 2.38. The largest absolute Gasteiger partial charge is 0.359 e. The molecule has 0 aliphatic carbocycles. The molecule has 21 heavy (non-hydrogen) atoms. The molecule has 1 aromatic heterocycles. The summed E-state index contributed by atoms with van der Waals surface area (Å²) in [4.78, 5) is 0. The smallest absolute Gasteiger partial charge is 0.172 e. The Bertz CT molecular complexity index is 639. The molecule has 1 heterocycles. The van der Waals surface area contributed by atoms with Crippen LogP contribution in [0.25, 0.3) is 0 Å². The van der Waals surface area contributed by atoms with Crippen LogP contribution in [0.2, 0.25) is 5.02 Å². The van der Waals surface area contributed by atoms with E-state index in [9.17, 15) is 0 Å². The van der Waals surface area contributed by atoms with Crippen LogP contribution in [0.5, 0.6) is 0 Å². The summed E-state index contributed by atoms with van der Waals surface area (Å²) in [5.41, 5.74) is 1.12. The van der Waals surface area contributed by atoms with Crippen LogP contribution in [0, 0.1) is 0 Å². The summed E-state index contributed by atoms with van der Waals surface area (Å²) in [6.07, 6.45) is 3.63. The van der Waals surface area contributed by atoms with Crippen molar-refractivity contribution in [1.29, 1.82) is 0 Å². The number of nitrogens with one attached hydrogen (secondary N) is 2. The molecule has 0 radical (unpaired) electrons. The lowest BCUT2D eigenvalue weighted by molar-refractivity contribution is 0.689. The molecule has 0 aliphatic heterocycles. The van der Waals surface area contributed by atoms with E-state index in [1.807, 2.05) is 35.1 Å². The number of halogens is 2. The molecule has 0 saturated heterocycles. The van der Waals surface area contributed by atoms with Crippen LogP contribution in [0.1, 0.15) is 5.56 Å². The summed E-state index contributed by atoms with van der Waals surface area (Å²) in [7, 11) is 0. The molecule has 0 saturated carbocycles. The highest BCUT2D eigenvalue weighted by Crippen LogP contribution is 2.21. The monoisotopic (exact) mass is 384 g/mol. The van der Waals surface area contributed by atoms with E-state index in [2.05, 4.69) is 38.2 Å². The van der Waals surface area contributed by atoms with Crippen LogP contribution in [-0.4, -0.2) is 21.4 Å². The Hall–Kier alpha value is -1.37. The van der Waals surface area contributed by atoms with Gasteiger partial charge in [0.15, 0.2) is 10.9 Å². The molecule has 0 fully saturated rings. The first kappa shape index (κ1) is 16.0. The van der Waals surface area contributed by atoms with Gasteiger partial charge in [-0.05, 0) is 45.8 Å². The van der Waals surface area contributed by atoms with E-state index in [1.54, 1.807) is 6.08 Å². The summed E-state index contributed by atoms with van der Waals surface area (Å²) >= 11 is 14.5. The molecule has 2 N–H and O–H groups in total. The van der Waals surface area contributed by atoms with Gasteiger partial charge < -0.3 is 10.6 Å². The maximum Gasteiger partial charge on any atom is 0.172 e. The molecule has 0 amide bonds. The third kappa shape index (κ3) is 4.84. The van der Waals surface area contributed by atoms with Gasteiger partial charge in [0, 0.05) is 17.8 Å². The van der Waals surface area contributed by atoms with Gasteiger partial charge in [-0.3, -0.25) is 4.68 Å². The van der Waals surface area contributed by atoms with Crippen LogP contribution in [-0.2, 0) is 6.54 Å². The first-order valence-electron chi connectivity index (χ1n) is 6.21. The number of thiocarbonyl (C=S) groups is 1. The van der Waals surface area contributed by atoms with Gasteiger partial charge in [0.05, 0.1) is 11.0 Å². The molecule has 1 aromatic carbocycles. The van der Waals surface area contributed by atoms with E-state index >= 15 is 0 Å². The third-order valence-corrected chi connectivity index (χ3v) is 3.69. The van der Waals surface area contributed by atoms with Crippen molar-refractivity contribution in [3.63, 3.8) is 0 Å². The first-order chi connectivity index (χ1) is 10.1. The molecular formula is C14H14BrClN4S. The van der Waals surface area contributed by atoms with E-state index in [0.29, 0.717) is 24.0 Å². The molecule has 4 nitrogen and oxygen atoms in total. The zero-order chi connectivity index (χ0) is 15.2. The summed E-state index contributed by atoms with van der Waals surface area (Å²) in [6, 6.07) is 7.68. The van der Waals surface area contributed by atoms with Crippen molar-refractivity contribution in [2.24, 2.45) is 0 Å². The molecular weight excluding hydrogens is 372 g/mol. The van der Waals surface area contributed by atoms with Gasteiger partial charge in [0.25, 0.3) is 0 Å². The number of anilines is 1. The summed E-state index contributed by atoms with van der Waals surface area (Å²) in [6.45, 7) is 4.89. The zero-order valence-corrected chi connectivity index (χ0v) is 14.3. The van der Waals surface area contributed by atoms with Crippen molar-refractivity contribution < 1.29 is 0 Å². The molecule has 0 atom stereocenters. The molecule has 7 heteroatoms. The van der Waals surface area contributed by atoms with E-state index in [1.165, 1.54) is 0 Å². The minimum absolute atomic E-state index is 0.507. The Labute approximate surface area is 142 Å². The average molecular weight is 386 g/mol. The van der Waals surface area contributed by atoms with E-state index in [4.69, 9.17) is 23.8 Å². The standard InChI is InChI=1S/C14H14BrClN4S/c1-2-7-17-14(21)18-13-12(15)9-20(19-13)8-10-3-5-11(16)6-4-10/h2-6,9H,1,7-8H2,(H2,17,18,19,21). The Kier molecular flexibility index (Phi) is 5.78. The molecule has 0 aliphatic rings. The summed E-state index contributed by atoms with van der Waals surface area (Å²) in [5.74, 6) is 0.672. The lowest BCUT2D eigenvalue weighted by atomic mass is 10.2. The molecule has 0 spiro atoms. The van der Waals surface area contributed by atoms with Crippen LogP contribution in [0.3, 0.4) is 0 Å². The number of rotatable bonds is 5. The predicted octanol–water partition coefficient (Wildman–Crippen LogP) is 3.82. The summed E-state index contributed by atoms with van der Waals surface area (Å²) in [5, 5.41) is 11.7. The van der Waals surface area contributed by atoms with Gasteiger partial charge in [-0.25, -0.2) is 0 Å². The maximum atomic E-state index is 5.87. The number of hydrogen-bond acceptors (Lipinski definition) is 2. The van der Waals surface area contributed by atoms with Crippen LogP contribution in [0.15, 0.2) is 47.6 Å². The van der Waals surface area contributed by atoms with E-state index in [-0.39, 0.29) is 0 Å². The zero-order valence-electron chi connectivity index (χ0n) is 11.1. The van der Waals surface area contributed by atoms with Gasteiger partial charge >= 0.3 is 0 Å². The van der Waals surface area contributed by atoms with E-state index < -0.39 is 0 Å². The number of benzene rings is 1. The molecule has 2 aromatic rings. The Morgan fingerprint density at radius 1 is 1.43 bits per heavy atom. The van der Waals surface area contributed by atoms with Crippen LogP contribution in [0.4, 0.5) is 5.82 Å². The minimum atomic E-state index is 0.507. The highest BCUT2D eigenvalue weighted by atomic mass is 79.9. The van der Waals surface area contributed by atoms with Crippen molar-refractivity contribution in [3.05, 3.63) is 58.2 Å². The van der Waals surface area contributed by atoms with Crippen LogP contribution < -0.4 is 10.6 Å². The molecule has 0 unspecified atom stereocenters. The predicted molar refractivity (Wildman–Crippen MR) is 94.9 cm³/mol. The number of aromatic nitrogens is 2. The fraction of sp³-hybridized carbons (Fsp3) is 0.143. The second kappa shape index (κ2) is 7.59. The highest BCUT2D eigenvalue weighted by molar-refractivity contribution is 9.10. The van der Waals surface area contributed by atoms with Gasteiger partial charge in [-0.1, -0.05) is 29.8 Å². The fourth-order valence-electron chi connectivity index (χ4n) is 1.66. The molecule has 0 bridgehead atoms. The average Bonchev–Trinajstić information content (AvgIpc) is 2.79. The lowest BCUT2D eigenvalue weighted by Gasteiger charge is -2.06. The quantitative estimate of drug-likeness (QED) is 0.606. The Morgan fingerprint density at radius 2 is 2.14 bits per heavy atom. The highest BCUT2D eigenvalue weighted by Gasteiger charge is 2.08. The summed E-state index contributed by atoms with van der Waals surface area (Å²) < 4.78 is 2.67. The Balaban J connectivity index is 2.03. The molecule has 110 valence electrons. The van der Waals surface area contributed by atoms with Gasteiger partial charge in [0.1, 0.15) is 0 Å². The first-order valence-corrected chi connectivity index (χ1v) is 7.79. The van der Waals surface area contributed by atoms with Crippen molar-refractivity contribution in [2.45, 2.75) is 6.54 Å². The normalized spacial score (nSPS) is 10.2. The van der Waals surface area contributed by atoms with Crippen molar-refractivity contribution >= 4 is 50.7 Å². The van der Waals surface area contributed by atoms with E-state index in [0.717, 1.165) is 15.1 Å². The second-order valence-corrected chi connectivity index (χ2v) is 5.97. The van der Waals surface area contributed by atoms with Crippen LogP contribution >= 0.6 is 39.7 Å². The van der Waals surface area contributed by atoms with Gasteiger partial charge in [0.2, 0.25) is 0 Å². The van der Waals surface area contributed by atoms with Crippen molar-refractivity contribution in [1.82, 2.24) is 15.1 Å². The van der Waals surface area contributed by atoms with Crippen molar-refractivity contribution in [3.8, 4) is 0 Å². The topological polar surface area (TPSA) is 41.9 Å². The second-order valence-electron chi connectivity index (χ2n) is 4.27. The molecule has 2 rings (SSSR count). The number of nitrogens with zero attached hydrogens (tertiary/aromatic N) is 2. The lowest BCUT2D eigenvalue weighted by Crippen LogP contribution is -2.28. The van der Waals surface area contributed by atoms with Gasteiger partial charge in [-0.2, -0.15) is 5.10 Å². The number of hydrogen-bond donors (Lipinski definition) is 2. The Morgan fingerprint density at radius 3 is 2.81 bits per heavy atom. The van der Waals surface area contributed by atoms with Crippen molar-refractivity contribution in [2.75, 3.05) is 11.9 Å². The maximum absolute atomic E-state index is 5.87. The minimum Gasteiger partial charge on any atom is -0.359 e. The van der Waals surface area contributed by atoms with Gasteiger partial charge in [-0.15, -0.1) is 6.58 Å².